The van der Waals surface area contributed by atoms with E-state index in [0.717, 1.165) is 21.0 Å². The number of likely N-dealkylation sites (N-methyl/N-ethyl adjacent to an activating group) is 1. The lowest BCUT2D eigenvalue weighted by molar-refractivity contribution is -0.140. The van der Waals surface area contributed by atoms with Crippen molar-refractivity contribution in [3.8, 4) is 5.75 Å². The lowest BCUT2D eigenvalue weighted by Gasteiger charge is -2.33. The zero-order chi connectivity index (χ0) is 29.3. The highest BCUT2D eigenvalue weighted by atomic mass is 32.2. The second-order valence-corrected chi connectivity index (χ2v) is 11.4. The Hall–Kier alpha value is -3.85. The first-order valence-corrected chi connectivity index (χ1v) is 15.0. The highest BCUT2D eigenvalue weighted by molar-refractivity contribution is 7.92. The molecule has 0 aromatic heterocycles. The lowest BCUT2D eigenvalue weighted by atomic mass is 10.1. The van der Waals surface area contributed by atoms with Gasteiger partial charge in [-0.05, 0) is 76.1 Å². The predicted octanol–water partition coefficient (Wildman–Crippen LogP) is 4.84. The van der Waals surface area contributed by atoms with Crippen LogP contribution in [0.25, 0.3) is 0 Å². The number of rotatable bonds is 13. The largest absolute Gasteiger partial charge is 0.494 e. The Morgan fingerprint density at radius 3 is 1.95 bits per heavy atom. The Kier molecular flexibility index (Phi) is 10.7. The average molecular weight is 566 g/mol. The summed E-state index contributed by atoms with van der Waals surface area (Å²) in [7, 11) is -4.14. The molecule has 0 aliphatic rings. The van der Waals surface area contributed by atoms with Gasteiger partial charge < -0.3 is 15.0 Å². The van der Waals surface area contributed by atoms with Gasteiger partial charge in [0.25, 0.3) is 10.0 Å². The summed E-state index contributed by atoms with van der Waals surface area (Å²) in [6.07, 6.45) is 0.375. The van der Waals surface area contributed by atoms with Gasteiger partial charge in [0, 0.05) is 13.1 Å². The molecule has 1 N–H and O–H groups in total. The topological polar surface area (TPSA) is 96.0 Å². The van der Waals surface area contributed by atoms with E-state index < -0.39 is 28.5 Å². The molecule has 0 heterocycles. The Labute approximate surface area is 238 Å². The number of amides is 2. The third kappa shape index (κ3) is 7.63. The van der Waals surface area contributed by atoms with Crippen LogP contribution in [0.2, 0.25) is 0 Å². The first-order chi connectivity index (χ1) is 19.1. The van der Waals surface area contributed by atoms with E-state index in [1.807, 2.05) is 58.9 Å². The van der Waals surface area contributed by atoms with E-state index in [1.54, 1.807) is 36.4 Å². The number of nitrogens with zero attached hydrogens (tertiary/aromatic N) is 2. The predicted molar refractivity (Wildman–Crippen MR) is 158 cm³/mol. The molecule has 0 saturated carbocycles. The number of ether oxygens (including phenoxy) is 1. The Morgan fingerprint density at radius 1 is 0.850 bits per heavy atom. The summed E-state index contributed by atoms with van der Waals surface area (Å²) in [5.74, 6) is -0.202. The van der Waals surface area contributed by atoms with Gasteiger partial charge in [-0.3, -0.25) is 13.9 Å². The standard InChI is InChI=1S/C31H39N3O5S/c1-6-29(31(36)32-7-2)33(21-25-13-9-23(4)10-14-25)30(35)22-34(26-15-11-24(5)12-16-26)40(37,38)28-19-17-27(18-20-28)39-8-3/h9-20,29H,6-8,21-22H2,1-5H3,(H,32,36). The van der Waals surface area contributed by atoms with Crippen LogP contribution in [0, 0.1) is 13.8 Å². The fourth-order valence-electron chi connectivity index (χ4n) is 4.34. The van der Waals surface area contributed by atoms with Crippen molar-refractivity contribution in [1.29, 1.82) is 0 Å². The van der Waals surface area contributed by atoms with Crippen LogP contribution in [-0.4, -0.2) is 50.9 Å². The maximum atomic E-state index is 14.0. The molecular weight excluding hydrogens is 526 g/mol. The van der Waals surface area contributed by atoms with Gasteiger partial charge in [0.2, 0.25) is 11.8 Å². The van der Waals surface area contributed by atoms with Crippen LogP contribution in [0.15, 0.2) is 77.7 Å². The molecule has 9 heteroatoms. The number of nitrogens with one attached hydrogen (secondary N) is 1. The van der Waals surface area contributed by atoms with E-state index in [4.69, 9.17) is 4.74 Å². The van der Waals surface area contributed by atoms with E-state index >= 15 is 0 Å². The van der Waals surface area contributed by atoms with Gasteiger partial charge in [0.05, 0.1) is 17.2 Å². The van der Waals surface area contributed by atoms with Crippen molar-refractivity contribution in [3.05, 3.63) is 89.5 Å². The zero-order valence-corrected chi connectivity index (χ0v) is 24.7. The highest BCUT2D eigenvalue weighted by Gasteiger charge is 2.33. The van der Waals surface area contributed by atoms with Crippen LogP contribution in [-0.2, 0) is 26.2 Å². The molecule has 3 rings (SSSR count). The summed E-state index contributed by atoms with van der Waals surface area (Å²) in [5.41, 5.74) is 3.23. The summed E-state index contributed by atoms with van der Waals surface area (Å²) in [6, 6.07) is 20.0. The van der Waals surface area contributed by atoms with Gasteiger partial charge in [-0.1, -0.05) is 54.4 Å². The number of hydrogen-bond donors (Lipinski definition) is 1. The minimum Gasteiger partial charge on any atom is -0.494 e. The molecule has 3 aromatic carbocycles. The monoisotopic (exact) mass is 565 g/mol. The second kappa shape index (κ2) is 14.0. The summed E-state index contributed by atoms with van der Waals surface area (Å²) in [6.45, 7) is 9.95. The third-order valence-corrected chi connectivity index (χ3v) is 8.32. The van der Waals surface area contributed by atoms with Crippen molar-refractivity contribution in [2.24, 2.45) is 0 Å². The van der Waals surface area contributed by atoms with Gasteiger partial charge in [-0.2, -0.15) is 0 Å². The SMILES string of the molecule is CCNC(=O)C(CC)N(Cc1ccc(C)cc1)C(=O)CN(c1ccc(C)cc1)S(=O)(=O)c1ccc(OCC)cc1. The van der Waals surface area contributed by atoms with Crippen LogP contribution in [0.3, 0.4) is 0 Å². The van der Waals surface area contributed by atoms with Gasteiger partial charge in [-0.15, -0.1) is 0 Å². The highest BCUT2D eigenvalue weighted by Crippen LogP contribution is 2.26. The number of aryl methyl sites for hydroxylation is 2. The van der Waals surface area contributed by atoms with Gasteiger partial charge >= 0.3 is 0 Å². The van der Waals surface area contributed by atoms with E-state index in [0.29, 0.717) is 31.0 Å². The molecule has 1 atom stereocenters. The molecule has 0 bridgehead atoms. The smallest absolute Gasteiger partial charge is 0.264 e. The molecular formula is C31H39N3O5S. The number of benzene rings is 3. The molecule has 0 aliphatic heterocycles. The number of sulfonamides is 1. The molecule has 0 radical (unpaired) electrons. The lowest BCUT2D eigenvalue weighted by Crippen LogP contribution is -2.52. The molecule has 1 unspecified atom stereocenters. The van der Waals surface area contributed by atoms with Crippen molar-refractivity contribution in [1.82, 2.24) is 10.2 Å². The number of anilines is 1. The third-order valence-electron chi connectivity index (χ3n) is 6.53. The molecule has 214 valence electrons. The quantitative estimate of drug-likeness (QED) is 0.320. The Balaban J connectivity index is 2.04. The fraction of sp³-hybridized carbons (Fsp3) is 0.355. The zero-order valence-electron chi connectivity index (χ0n) is 23.9. The van der Waals surface area contributed by atoms with Crippen molar-refractivity contribution in [2.45, 2.75) is 58.5 Å². The fourth-order valence-corrected chi connectivity index (χ4v) is 5.76. The van der Waals surface area contributed by atoms with Gasteiger partial charge in [-0.25, -0.2) is 8.42 Å². The van der Waals surface area contributed by atoms with E-state index in [-0.39, 0.29) is 17.3 Å². The summed E-state index contributed by atoms with van der Waals surface area (Å²) in [4.78, 5) is 28.5. The van der Waals surface area contributed by atoms with Crippen LogP contribution < -0.4 is 14.4 Å². The van der Waals surface area contributed by atoms with Gasteiger partial charge in [0.1, 0.15) is 18.3 Å². The molecule has 40 heavy (non-hydrogen) atoms. The Bertz CT molecular complexity index is 1370. The van der Waals surface area contributed by atoms with E-state index in [2.05, 4.69) is 5.32 Å². The van der Waals surface area contributed by atoms with Crippen LogP contribution in [0.1, 0.15) is 43.9 Å². The minimum absolute atomic E-state index is 0.0326. The molecule has 0 saturated heterocycles. The maximum absolute atomic E-state index is 14.0. The molecule has 0 aliphatic carbocycles. The second-order valence-electron chi connectivity index (χ2n) is 9.58. The van der Waals surface area contributed by atoms with Crippen molar-refractivity contribution in [2.75, 3.05) is 24.0 Å². The molecule has 0 spiro atoms. The summed E-state index contributed by atoms with van der Waals surface area (Å²) >= 11 is 0. The molecule has 2 amide bonds. The number of hydrogen-bond acceptors (Lipinski definition) is 5. The summed E-state index contributed by atoms with van der Waals surface area (Å²) < 4.78 is 34.5. The van der Waals surface area contributed by atoms with Crippen LogP contribution in [0.5, 0.6) is 5.75 Å². The molecule has 3 aromatic rings. The number of carbonyl (C=O) groups excluding carboxylic acids is 2. The van der Waals surface area contributed by atoms with Crippen LogP contribution >= 0.6 is 0 Å². The minimum atomic E-state index is -4.14. The summed E-state index contributed by atoms with van der Waals surface area (Å²) in [5, 5.41) is 2.81. The molecule has 0 fully saturated rings. The Morgan fingerprint density at radius 2 is 1.43 bits per heavy atom. The van der Waals surface area contributed by atoms with Crippen molar-refractivity contribution < 1.29 is 22.7 Å². The van der Waals surface area contributed by atoms with E-state index in [9.17, 15) is 18.0 Å². The van der Waals surface area contributed by atoms with Crippen molar-refractivity contribution in [3.63, 3.8) is 0 Å². The molecule has 8 nitrogen and oxygen atoms in total. The average Bonchev–Trinajstić information content (AvgIpc) is 2.93. The number of carbonyl (C=O) groups is 2. The van der Waals surface area contributed by atoms with Crippen LogP contribution in [0.4, 0.5) is 5.69 Å². The van der Waals surface area contributed by atoms with Gasteiger partial charge in [0.15, 0.2) is 0 Å². The van der Waals surface area contributed by atoms with E-state index in [1.165, 1.54) is 17.0 Å². The first-order valence-electron chi connectivity index (χ1n) is 13.6. The maximum Gasteiger partial charge on any atom is 0.264 e. The normalized spacial score (nSPS) is 11.9. The van der Waals surface area contributed by atoms with Crippen molar-refractivity contribution >= 4 is 27.5 Å². The first kappa shape index (κ1) is 30.7.